The molecular weight excluding hydrogens is 356 g/mol. The summed E-state index contributed by atoms with van der Waals surface area (Å²) in [4.78, 5) is 26.0. The Bertz CT molecular complexity index is 787. The molecule has 0 saturated carbocycles. The topological polar surface area (TPSA) is 67.9 Å². The van der Waals surface area contributed by atoms with E-state index in [0.717, 1.165) is 11.3 Å². The van der Waals surface area contributed by atoms with Gasteiger partial charge >= 0.3 is 0 Å². The molecule has 28 heavy (non-hydrogen) atoms. The van der Waals surface area contributed by atoms with Crippen LogP contribution < -0.4 is 19.7 Å². The fraction of sp³-hybridized carbons (Fsp3) is 0.364. The van der Waals surface area contributed by atoms with Crippen LogP contribution in [0.25, 0.3) is 0 Å². The van der Waals surface area contributed by atoms with Gasteiger partial charge in [0, 0.05) is 26.4 Å². The minimum absolute atomic E-state index is 0.0113. The third-order valence-corrected chi connectivity index (χ3v) is 4.11. The molecule has 0 spiro atoms. The summed E-state index contributed by atoms with van der Waals surface area (Å²) in [6, 6.07) is 14.9. The first kappa shape index (κ1) is 21.3. The first-order valence-corrected chi connectivity index (χ1v) is 9.34. The quantitative estimate of drug-likeness (QED) is 0.718. The van der Waals surface area contributed by atoms with Crippen molar-refractivity contribution in [1.29, 1.82) is 0 Å². The van der Waals surface area contributed by atoms with Crippen LogP contribution in [0.3, 0.4) is 0 Å². The van der Waals surface area contributed by atoms with Crippen LogP contribution >= 0.6 is 0 Å². The lowest BCUT2D eigenvalue weighted by Gasteiger charge is -2.24. The van der Waals surface area contributed by atoms with Gasteiger partial charge in [-0.3, -0.25) is 9.59 Å². The summed E-state index contributed by atoms with van der Waals surface area (Å²) < 4.78 is 10.9. The molecule has 2 rings (SSSR count). The van der Waals surface area contributed by atoms with Crippen LogP contribution in [0.2, 0.25) is 0 Å². The summed E-state index contributed by atoms with van der Waals surface area (Å²) in [5, 5.41) is 2.88. The Balaban J connectivity index is 1.95. The van der Waals surface area contributed by atoms with Crippen LogP contribution in [0.5, 0.6) is 11.5 Å². The van der Waals surface area contributed by atoms with Crippen molar-refractivity contribution in [2.75, 3.05) is 18.6 Å². The number of nitrogens with one attached hydrogen (secondary N) is 1. The summed E-state index contributed by atoms with van der Waals surface area (Å²) in [6.45, 7) is 6.06. The maximum absolute atomic E-state index is 12.3. The third kappa shape index (κ3) is 6.30. The molecule has 2 amide bonds. The lowest BCUT2D eigenvalue weighted by molar-refractivity contribution is -0.121. The predicted molar refractivity (Wildman–Crippen MR) is 110 cm³/mol. The van der Waals surface area contributed by atoms with E-state index in [9.17, 15) is 9.59 Å². The van der Waals surface area contributed by atoms with E-state index in [4.69, 9.17) is 9.47 Å². The second kappa shape index (κ2) is 10.3. The molecule has 0 unspecified atom stereocenters. The number of hydrogen-bond donors (Lipinski definition) is 1. The Morgan fingerprint density at radius 1 is 1.07 bits per heavy atom. The summed E-state index contributed by atoms with van der Waals surface area (Å²) in [7, 11) is 1.61. The Kier molecular flexibility index (Phi) is 7.87. The number of hydrogen-bond acceptors (Lipinski definition) is 4. The van der Waals surface area contributed by atoms with Crippen LogP contribution in [0, 0.1) is 0 Å². The maximum Gasteiger partial charge on any atom is 0.223 e. The number of carbonyl (C=O) groups excluding carboxylic acids is 2. The van der Waals surface area contributed by atoms with Gasteiger partial charge in [0.05, 0.1) is 18.9 Å². The third-order valence-electron chi connectivity index (χ3n) is 4.11. The molecule has 150 valence electrons. The van der Waals surface area contributed by atoms with Crippen molar-refractivity contribution in [1.82, 2.24) is 5.32 Å². The van der Waals surface area contributed by atoms with Crippen molar-refractivity contribution < 1.29 is 19.1 Å². The molecule has 6 nitrogen and oxygen atoms in total. The molecule has 0 bridgehead atoms. The van der Waals surface area contributed by atoms with Crippen molar-refractivity contribution >= 4 is 17.5 Å². The highest BCUT2D eigenvalue weighted by atomic mass is 16.5. The molecule has 0 aromatic heterocycles. The van der Waals surface area contributed by atoms with E-state index in [1.54, 1.807) is 12.0 Å². The predicted octanol–water partition coefficient (Wildman–Crippen LogP) is 3.54. The highest BCUT2D eigenvalue weighted by Crippen LogP contribution is 2.29. The van der Waals surface area contributed by atoms with Gasteiger partial charge in [-0.05, 0) is 43.7 Å². The fourth-order valence-electron chi connectivity index (χ4n) is 2.73. The smallest absolute Gasteiger partial charge is 0.223 e. The molecule has 2 aromatic carbocycles. The van der Waals surface area contributed by atoms with Gasteiger partial charge in [0.15, 0.2) is 0 Å². The largest absolute Gasteiger partial charge is 0.497 e. The number of carbonyl (C=O) groups is 2. The van der Waals surface area contributed by atoms with Gasteiger partial charge in [0.1, 0.15) is 11.5 Å². The highest BCUT2D eigenvalue weighted by molar-refractivity contribution is 5.93. The summed E-state index contributed by atoms with van der Waals surface area (Å²) in [6.07, 6.45) is 0.189. The van der Waals surface area contributed by atoms with Crippen molar-refractivity contribution in [2.24, 2.45) is 0 Å². The molecule has 2 aromatic rings. The number of methoxy groups -OCH3 is 1. The number of amides is 2. The first-order chi connectivity index (χ1) is 13.4. The lowest BCUT2D eigenvalue weighted by Crippen LogP contribution is -2.34. The highest BCUT2D eigenvalue weighted by Gasteiger charge is 2.18. The Morgan fingerprint density at radius 3 is 2.36 bits per heavy atom. The van der Waals surface area contributed by atoms with Crippen LogP contribution in [0.15, 0.2) is 48.5 Å². The van der Waals surface area contributed by atoms with Crippen molar-refractivity contribution in [3.05, 3.63) is 54.1 Å². The van der Waals surface area contributed by atoms with Gasteiger partial charge in [-0.1, -0.05) is 24.3 Å². The first-order valence-electron chi connectivity index (χ1n) is 9.34. The Labute approximate surface area is 166 Å². The molecule has 0 radical (unpaired) electrons. The van der Waals surface area contributed by atoms with E-state index in [2.05, 4.69) is 5.32 Å². The number of para-hydroxylation sites is 2. The van der Waals surface area contributed by atoms with Gasteiger partial charge in [0.2, 0.25) is 11.8 Å². The molecule has 0 aliphatic rings. The second-order valence-corrected chi connectivity index (χ2v) is 6.68. The van der Waals surface area contributed by atoms with Gasteiger partial charge in [-0.15, -0.1) is 0 Å². The van der Waals surface area contributed by atoms with E-state index >= 15 is 0 Å². The van der Waals surface area contributed by atoms with Crippen molar-refractivity contribution in [3.63, 3.8) is 0 Å². The average molecular weight is 384 g/mol. The van der Waals surface area contributed by atoms with Crippen LogP contribution in [0.4, 0.5) is 5.69 Å². The molecular formula is C22H28N2O4. The van der Waals surface area contributed by atoms with Gasteiger partial charge in [-0.25, -0.2) is 0 Å². The number of ether oxygens (including phenoxy) is 2. The van der Waals surface area contributed by atoms with E-state index in [1.165, 1.54) is 6.92 Å². The zero-order valence-electron chi connectivity index (χ0n) is 16.9. The van der Waals surface area contributed by atoms with E-state index < -0.39 is 0 Å². The summed E-state index contributed by atoms with van der Waals surface area (Å²) >= 11 is 0. The van der Waals surface area contributed by atoms with E-state index in [1.807, 2.05) is 62.4 Å². The number of benzene rings is 2. The van der Waals surface area contributed by atoms with Crippen LogP contribution in [0.1, 0.15) is 32.8 Å². The SMILES string of the molecule is COc1ccc(CNC(=O)CCN(C(C)=O)c2ccccc2OC(C)C)cc1. The van der Waals surface area contributed by atoms with Gasteiger partial charge in [-0.2, -0.15) is 0 Å². The van der Waals surface area contributed by atoms with Gasteiger partial charge in [0.25, 0.3) is 0 Å². The zero-order valence-corrected chi connectivity index (χ0v) is 16.9. The van der Waals surface area contributed by atoms with Crippen LogP contribution in [-0.2, 0) is 16.1 Å². The molecule has 0 atom stereocenters. The molecule has 0 fully saturated rings. The summed E-state index contributed by atoms with van der Waals surface area (Å²) in [5.74, 6) is 1.15. The molecule has 6 heteroatoms. The number of anilines is 1. The lowest BCUT2D eigenvalue weighted by atomic mass is 10.2. The molecule has 0 aliphatic heterocycles. The van der Waals surface area contributed by atoms with E-state index in [0.29, 0.717) is 18.0 Å². The van der Waals surface area contributed by atoms with E-state index in [-0.39, 0.29) is 30.9 Å². The maximum atomic E-state index is 12.3. The Hall–Kier alpha value is -3.02. The minimum Gasteiger partial charge on any atom is -0.497 e. The normalized spacial score (nSPS) is 10.5. The minimum atomic E-state index is -0.136. The molecule has 1 N–H and O–H groups in total. The zero-order chi connectivity index (χ0) is 20.5. The van der Waals surface area contributed by atoms with Gasteiger partial charge < -0.3 is 19.7 Å². The van der Waals surface area contributed by atoms with Crippen molar-refractivity contribution in [3.8, 4) is 11.5 Å². The summed E-state index contributed by atoms with van der Waals surface area (Å²) in [5.41, 5.74) is 1.65. The number of nitrogens with zero attached hydrogens (tertiary/aromatic N) is 1. The molecule has 0 aliphatic carbocycles. The second-order valence-electron chi connectivity index (χ2n) is 6.68. The molecule has 0 heterocycles. The standard InChI is InChI=1S/C22H28N2O4/c1-16(2)28-21-8-6-5-7-20(21)24(17(3)25)14-13-22(26)23-15-18-9-11-19(27-4)12-10-18/h5-12,16H,13-15H2,1-4H3,(H,23,26). The van der Waals surface area contributed by atoms with Crippen molar-refractivity contribution in [2.45, 2.75) is 39.8 Å². The Morgan fingerprint density at radius 2 is 1.75 bits per heavy atom. The molecule has 0 saturated heterocycles. The average Bonchev–Trinajstić information content (AvgIpc) is 2.67. The number of rotatable bonds is 9. The fourth-order valence-corrected chi connectivity index (χ4v) is 2.73. The monoisotopic (exact) mass is 384 g/mol. The van der Waals surface area contributed by atoms with Crippen LogP contribution in [-0.4, -0.2) is 31.6 Å².